The largest absolute Gasteiger partial charge is 0.352 e. The predicted molar refractivity (Wildman–Crippen MR) is 145 cm³/mol. The van der Waals surface area contributed by atoms with Gasteiger partial charge in [-0.05, 0) is 42.5 Å². The quantitative estimate of drug-likeness (QED) is 0.341. The van der Waals surface area contributed by atoms with Gasteiger partial charge in [0.2, 0.25) is 15.9 Å². The number of sulfonamides is 1. The van der Waals surface area contributed by atoms with Crippen molar-refractivity contribution in [2.24, 2.45) is 0 Å². The molecule has 1 atom stereocenters. The Kier molecular flexibility index (Phi) is 7.90. The third kappa shape index (κ3) is 6.40. The normalized spacial score (nSPS) is 16.0. The zero-order valence-electron chi connectivity index (χ0n) is 20.3. The first-order valence-electron chi connectivity index (χ1n) is 12.3. The smallest absolute Gasteiger partial charge is 0.243 e. The van der Waals surface area contributed by atoms with Crippen LogP contribution in [0.25, 0.3) is 11.0 Å². The molecule has 2 heterocycles. The molecule has 3 aromatic carbocycles. The van der Waals surface area contributed by atoms with Crippen molar-refractivity contribution in [3.05, 3.63) is 90.0 Å². The number of piperidine rings is 1. The van der Waals surface area contributed by atoms with Crippen LogP contribution in [-0.2, 0) is 27.8 Å². The number of rotatable bonds is 9. The Bertz CT molecular complexity index is 1440. The van der Waals surface area contributed by atoms with Crippen LogP contribution < -0.4 is 10.0 Å². The molecule has 1 aromatic heterocycles. The average Bonchev–Trinajstić information content (AvgIpc) is 3.40. The first-order valence-corrected chi connectivity index (χ1v) is 14.5. The summed E-state index contributed by atoms with van der Waals surface area (Å²) in [6, 6.07) is 23.6. The summed E-state index contributed by atoms with van der Waals surface area (Å²) in [5.74, 6) is -0.322. The third-order valence-electron chi connectivity index (χ3n) is 6.62. The summed E-state index contributed by atoms with van der Waals surface area (Å²) in [5, 5.41) is 3.11. The number of nitrogens with zero attached hydrogens (tertiary/aromatic N) is 3. The highest BCUT2D eigenvalue weighted by atomic mass is 32.2. The van der Waals surface area contributed by atoms with Crippen molar-refractivity contribution in [2.45, 2.75) is 42.8 Å². The average molecular weight is 536 g/mol. The van der Waals surface area contributed by atoms with Crippen LogP contribution in [0.15, 0.2) is 83.8 Å². The molecular weight excluding hydrogens is 506 g/mol. The number of likely N-dealkylation sites (tertiary alicyclic amines) is 1. The SMILES string of the molecule is O=C(NC1CCN(Cc2ccccc2)CC1)[C@H](Cc1ccccc1)NS(=O)(=O)c1cccc2nsnc12. The van der Waals surface area contributed by atoms with Gasteiger partial charge in [0.1, 0.15) is 22.0 Å². The van der Waals surface area contributed by atoms with E-state index in [1.165, 1.54) is 11.6 Å². The van der Waals surface area contributed by atoms with Crippen molar-refractivity contribution < 1.29 is 13.2 Å². The summed E-state index contributed by atoms with van der Waals surface area (Å²) in [7, 11) is -4.02. The van der Waals surface area contributed by atoms with Crippen LogP contribution in [0.2, 0.25) is 0 Å². The van der Waals surface area contributed by atoms with Gasteiger partial charge in [0.05, 0.1) is 11.7 Å². The molecule has 1 saturated heterocycles. The van der Waals surface area contributed by atoms with Crippen LogP contribution in [0.3, 0.4) is 0 Å². The number of nitrogens with one attached hydrogen (secondary N) is 2. The Morgan fingerprint density at radius 1 is 0.919 bits per heavy atom. The van der Waals surface area contributed by atoms with Gasteiger partial charge in [0.15, 0.2) is 0 Å². The minimum absolute atomic E-state index is 0.00604. The van der Waals surface area contributed by atoms with E-state index in [-0.39, 0.29) is 23.3 Å². The van der Waals surface area contributed by atoms with Gasteiger partial charge in [-0.3, -0.25) is 9.69 Å². The molecule has 4 aromatic rings. The Morgan fingerprint density at radius 3 is 2.30 bits per heavy atom. The maximum absolute atomic E-state index is 13.4. The zero-order valence-corrected chi connectivity index (χ0v) is 21.9. The fourth-order valence-corrected chi connectivity index (χ4v) is 6.63. The second-order valence-electron chi connectivity index (χ2n) is 9.30. The summed E-state index contributed by atoms with van der Waals surface area (Å²) >= 11 is 0.959. The van der Waals surface area contributed by atoms with Gasteiger partial charge < -0.3 is 5.32 Å². The molecule has 192 valence electrons. The predicted octanol–water partition coefficient (Wildman–Crippen LogP) is 3.36. The highest BCUT2D eigenvalue weighted by Crippen LogP contribution is 2.22. The third-order valence-corrected chi connectivity index (χ3v) is 8.66. The van der Waals surface area contributed by atoms with Gasteiger partial charge in [0.25, 0.3) is 0 Å². The van der Waals surface area contributed by atoms with Gasteiger partial charge in [-0.25, -0.2) is 8.42 Å². The van der Waals surface area contributed by atoms with E-state index in [0.29, 0.717) is 11.0 Å². The fourth-order valence-electron chi connectivity index (χ4n) is 4.67. The van der Waals surface area contributed by atoms with Gasteiger partial charge in [-0.1, -0.05) is 66.7 Å². The van der Waals surface area contributed by atoms with E-state index >= 15 is 0 Å². The fraction of sp³-hybridized carbons (Fsp3) is 0.296. The lowest BCUT2D eigenvalue weighted by atomic mass is 10.0. The summed E-state index contributed by atoms with van der Waals surface area (Å²) in [4.78, 5) is 15.8. The summed E-state index contributed by atoms with van der Waals surface area (Å²) < 4.78 is 37.7. The number of amides is 1. The topological polar surface area (TPSA) is 104 Å². The second-order valence-corrected chi connectivity index (χ2v) is 11.5. The van der Waals surface area contributed by atoms with Crippen molar-refractivity contribution in [3.63, 3.8) is 0 Å². The molecular formula is C27H29N5O3S2. The van der Waals surface area contributed by atoms with E-state index in [9.17, 15) is 13.2 Å². The lowest BCUT2D eigenvalue weighted by molar-refractivity contribution is -0.123. The number of carbonyl (C=O) groups excluding carboxylic acids is 1. The Labute approximate surface area is 221 Å². The number of carbonyl (C=O) groups is 1. The van der Waals surface area contributed by atoms with E-state index in [0.717, 1.165) is 49.8 Å². The van der Waals surface area contributed by atoms with Gasteiger partial charge in [-0.15, -0.1) is 0 Å². The number of aromatic nitrogens is 2. The summed E-state index contributed by atoms with van der Waals surface area (Å²) in [6.07, 6.45) is 1.87. The molecule has 0 saturated carbocycles. The Hall–Kier alpha value is -3.18. The first-order chi connectivity index (χ1) is 18.0. The molecule has 1 aliphatic heterocycles. The number of fused-ring (bicyclic) bond motifs is 1. The number of hydrogen-bond acceptors (Lipinski definition) is 7. The Morgan fingerprint density at radius 2 is 1.59 bits per heavy atom. The highest BCUT2D eigenvalue weighted by Gasteiger charge is 2.30. The molecule has 1 amide bonds. The van der Waals surface area contributed by atoms with Crippen molar-refractivity contribution >= 4 is 38.7 Å². The minimum atomic E-state index is -4.02. The monoisotopic (exact) mass is 535 g/mol. The van der Waals surface area contributed by atoms with Crippen LogP contribution in [0, 0.1) is 0 Å². The highest BCUT2D eigenvalue weighted by molar-refractivity contribution is 7.89. The lowest BCUT2D eigenvalue weighted by Crippen LogP contribution is -2.52. The van der Waals surface area contributed by atoms with Crippen LogP contribution in [0.5, 0.6) is 0 Å². The molecule has 2 N–H and O–H groups in total. The molecule has 0 bridgehead atoms. The molecule has 0 spiro atoms. The van der Waals surface area contributed by atoms with E-state index in [2.05, 4.69) is 35.8 Å². The molecule has 8 nitrogen and oxygen atoms in total. The molecule has 0 aliphatic carbocycles. The van der Waals surface area contributed by atoms with Crippen molar-refractivity contribution in [1.29, 1.82) is 0 Å². The molecule has 1 fully saturated rings. The second kappa shape index (κ2) is 11.5. The summed E-state index contributed by atoms with van der Waals surface area (Å²) in [5.41, 5.74) is 2.97. The van der Waals surface area contributed by atoms with Crippen molar-refractivity contribution in [1.82, 2.24) is 23.7 Å². The van der Waals surface area contributed by atoms with Crippen LogP contribution in [0.1, 0.15) is 24.0 Å². The maximum Gasteiger partial charge on any atom is 0.243 e. The minimum Gasteiger partial charge on any atom is -0.352 e. The van der Waals surface area contributed by atoms with Gasteiger partial charge in [-0.2, -0.15) is 13.5 Å². The summed E-state index contributed by atoms with van der Waals surface area (Å²) in [6.45, 7) is 2.62. The molecule has 0 radical (unpaired) electrons. The maximum atomic E-state index is 13.4. The Balaban J connectivity index is 1.27. The number of benzene rings is 3. The molecule has 0 unspecified atom stereocenters. The molecule has 10 heteroatoms. The van der Waals surface area contributed by atoms with Crippen molar-refractivity contribution in [2.75, 3.05) is 13.1 Å². The molecule has 37 heavy (non-hydrogen) atoms. The van der Waals surface area contributed by atoms with E-state index in [1.54, 1.807) is 12.1 Å². The number of hydrogen-bond donors (Lipinski definition) is 2. The first kappa shape index (κ1) is 25.5. The molecule has 1 aliphatic rings. The van der Waals surface area contributed by atoms with Crippen LogP contribution in [0.4, 0.5) is 0 Å². The van der Waals surface area contributed by atoms with Crippen LogP contribution >= 0.6 is 11.7 Å². The van der Waals surface area contributed by atoms with Gasteiger partial charge in [0, 0.05) is 25.7 Å². The van der Waals surface area contributed by atoms with Crippen LogP contribution in [-0.4, -0.2) is 53.1 Å². The molecule has 5 rings (SSSR count). The van der Waals surface area contributed by atoms with Crippen molar-refractivity contribution in [3.8, 4) is 0 Å². The standard InChI is InChI=1S/C27H29N5O3S2/c33-27(28-22-14-16-32(17-15-22)19-21-10-5-2-6-11-21)24(18-20-8-3-1-4-9-20)31-37(34,35)25-13-7-12-23-26(25)30-36-29-23/h1-13,22,24,31H,14-19H2,(H,28,33)/t24-/m0/s1. The lowest BCUT2D eigenvalue weighted by Gasteiger charge is -2.33. The van der Waals surface area contributed by atoms with E-state index in [1.807, 2.05) is 48.5 Å². The van der Waals surface area contributed by atoms with E-state index < -0.39 is 16.1 Å². The zero-order chi connectivity index (χ0) is 25.7. The van der Waals surface area contributed by atoms with E-state index in [4.69, 9.17) is 0 Å². The van der Waals surface area contributed by atoms with Gasteiger partial charge >= 0.3 is 0 Å².